The summed E-state index contributed by atoms with van der Waals surface area (Å²) < 4.78 is 0. The van der Waals surface area contributed by atoms with Gasteiger partial charge in [-0.3, -0.25) is 4.79 Å². The quantitative estimate of drug-likeness (QED) is 0.649. The molecular formula is C15H28N4O. The molecule has 0 radical (unpaired) electrons. The predicted octanol–water partition coefficient (Wildman–Crippen LogP) is 2.38. The number of rotatable bonds is 9. The van der Waals surface area contributed by atoms with Crippen molar-refractivity contribution in [3.8, 4) is 0 Å². The topological polar surface area (TPSA) is 83.8 Å². The number of nitrogens with two attached hydrogens (primary N) is 1. The van der Waals surface area contributed by atoms with Gasteiger partial charge in [0.15, 0.2) is 0 Å². The lowest BCUT2D eigenvalue weighted by molar-refractivity contribution is -0.122. The van der Waals surface area contributed by atoms with Gasteiger partial charge in [0, 0.05) is 18.8 Å². The van der Waals surface area contributed by atoms with Crippen molar-refractivity contribution >= 4 is 5.91 Å². The van der Waals surface area contributed by atoms with Gasteiger partial charge in [0.2, 0.25) is 5.91 Å². The molecule has 0 saturated carbocycles. The molecule has 0 aliphatic rings. The highest BCUT2D eigenvalue weighted by Crippen LogP contribution is 2.20. The van der Waals surface area contributed by atoms with Crippen LogP contribution in [-0.4, -0.2) is 22.4 Å². The lowest BCUT2D eigenvalue weighted by Gasteiger charge is -2.20. The van der Waals surface area contributed by atoms with E-state index in [1.807, 2.05) is 6.92 Å². The van der Waals surface area contributed by atoms with Crippen molar-refractivity contribution in [2.24, 2.45) is 17.6 Å². The van der Waals surface area contributed by atoms with Gasteiger partial charge >= 0.3 is 0 Å². The molecule has 0 aliphatic carbocycles. The Hall–Kier alpha value is -1.36. The number of nitrogens with zero attached hydrogens (tertiary/aromatic N) is 1. The van der Waals surface area contributed by atoms with Crippen LogP contribution in [0, 0.1) is 11.8 Å². The fourth-order valence-electron chi connectivity index (χ4n) is 2.44. The third-order valence-electron chi connectivity index (χ3n) is 3.82. The van der Waals surface area contributed by atoms with Crippen molar-refractivity contribution in [3.63, 3.8) is 0 Å². The molecule has 0 aliphatic heterocycles. The second-order valence-electron chi connectivity index (χ2n) is 5.62. The summed E-state index contributed by atoms with van der Waals surface area (Å²) in [6.45, 7) is 7.11. The first-order valence-corrected chi connectivity index (χ1v) is 7.57. The molecule has 0 spiro atoms. The Bertz CT molecular complexity index is 375. The molecule has 2 atom stereocenters. The van der Waals surface area contributed by atoms with E-state index in [4.69, 9.17) is 5.73 Å². The first-order valence-electron chi connectivity index (χ1n) is 7.57. The summed E-state index contributed by atoms with van der Waals surface area (Å²) in [6, 6.07) is -0.0236. The number of aromatic amines is 1. The Labute approximate surface area is 121 Å². The highest BCUT2D eigenvalue weighted by atomic mass is 16.1. The molecule has 5 nitrogen and oxygen atoms in total. The molecule has 5 heteroatoms. The summed E-state index contributed by atoms with van der Waals surface area (Å²) in [5.74, 6) is 2.01. The maximum absolute atomic E-state index is 12.1. The molecule has 20 heavy (non-hydrogen) atoms. The fourth-order valence-corrected chi connectivity index (χ4v) is 2.44. The van der Waals surface area contributed by atoms with E-state index < -0.39 is 0 Å². The Morgan fingerprint density at radius 1 is 1.45 bits per heavy atom. The minimum Gasteiger partial charge on any atom is -0.347 e. The number of aromatic nitrogens is 2. The molecule has 0 fully saturated rings. The van der Waals surface area contributed by atoms with E-state index >= 15 is 0 Å². The van der Waals surface area contributed by atoms with Gasteiger partial charge in [-0.25, -0.2) is 4.98 Å². The highest BCUT2D eigenvalue weighted by molar-refractivity contribution is 5.76. The molecule has 1 rings (SSSR count). The molecule has 0 aromatic carbocycles. The average molecular weight is 280 g/mol. The number of hydrogen-bond acceptors (Lipinski definition) is 3. The first-order chi connectivity index (χ1) is 9.58. The number of amides is 1. The van der Waals surface area contributed by atoms with Crippen LogP contribution in [0.1, 0.15) is 58.3 Å². The van der Waals surface area contributed by atoms with Crippen molar-refractivity contribution < 1.29 is 4.79 Å². The summed E-state index contributed by atoms with van der Waals surface area (Å²) in [6.07, 6.45) is 6.76. The summed E-state index contributed by atoms with van der Waals surface area (Å²) >= 11 is 0. The molecule has 0 saturated heterocycles. The molecule has 1 aromatic heterocycles. The Morgan fingerprint density at radius 3 is 2.70 bits per heavy atom. The van der Waals surface area contributed by atoms with Crippen molar-refractivity contribution in [3.05, 3.63) is 18.2 Å². The number of nitrogens with one attached hydrogen (secondary N) is 2. The van der Waals surface area contributed by atoms with Crippen LogP contribution in [0.2, 0.25) is 0 Å². The monoisotopic (exact) mass is 280 g/mol. The zero-order valence-electron chi connectivity index (χ0n) is 12.9. The number of carbonyl (C=O) groups is 1. The zero-order valence-corrected chi connectivity index (χ0v) is 12.9. The van der Waals surface area contributed by atoms with Crippen LogP contribution in [0.4, 0.5) is 0 Å². The number of hydrogen-bond donors (Lipinski definition) is 3. The smallest absolute Gasteiger partial charge is 0.220 e. The van der Waals surface area contributed by atoms with Gasteiger partial charge < -0.3 is 16.0 Å². The lowest BCUT2D eigenvalue weighted by atomic mass is 9.88. The first kappa shape index (κ1) is 16.7. The van der Waals surface area contributed by atoms with Crippen molar-refractivity contribution in [2.45, 2.75) is 52.5 Å². The number of H-pyrrole nitrogens is 1. The third-order valence-corrected chi connectivity index (χ3v) is 3.82. The van der Waals surface area contributed by atoms with Crippen molar-refractivity contribution in [1.29, 1.82) is 0 Å². The Kier molecular flexibility index (Phi) is 7.30. The molecule has 0 bridgehead atoms. The summed E-state index contributed by atoms with van der Waals surface area (Å²) in [5.41, 5.74) is 5.63. The Balaban J connectivity index is 2.42. The lowest BCUT2D eigenvalue weighted by Crippen LogP contribution is -2.29. The maximum atomic E-state index is 12.1. The van der Waals surface area contributed by atoms with E-state index in [9.17, 15) is 4.79 Å². The third kappa shape index (κ3) is 5.33. The van der Waals surface area contributed by atoms with E-state index in [0.717, 1.165) is 25.1 Å². The van der Waals surface area contributed by atoms with Crippen LogP contribution in [0.3, 0.4) is 0 Å². The minimum absolute atomic E-state index is 0.0236. The summed E-state index contributed by atoms with van der Waals surface area (Å²) in [7, 11) is 0. The zero-order chi connectivity index (χ0) is 15.0. The van der Waals surface area contributed by atoms with Gasteiger partial charge in [-0.2, -0.15) is 0 Å². The maximum Gasteiger partial charge on any atom is 0.220 e. The van der Waals surface area contributed by atoms with Gasteiger partial charge in [-0.05, 0) is 37.6 Å². The molecule has 2 unspecified atom stereocenters. The number of imidazole rings is 1. The Morgan fingerprint density at radius 2 is 2.20 bits per heavy atom. The van der Waals surface area contributed by atoms with E-state index in [1.165, 1.54) is 0 Å². The normalized spacial score (nSPS) is 14.2. The number of carbonyl (C=O) groups excluding carboxylic acids is 1. The SMILES string of the molecule is CCC(NC(=O)CCC(CCN)C(C)C)c1ncc[nH]1. The second-order valence-corrected chi connectivity index (χ2v) is 5.62. The highest BCUT2D eigenvalue weighted by Gasteiger charge is 2.17. The van der Waals surface area contributed by atoms with Gasteiger partial charge in [-0.15, -0.1) is 0 Å². The molecule has 1 amide bonds. The standard InChI is InChI=1S/C15H28N4O/c1-4-13(15-17-9-10-18-15)19-14(20)6-5-12(7-8-16)11(2)3/h9-13H,4-8,16H2,1-3H3,(H,17,18)(H,19,20). The summed E-state index contributed by atoms with van der Waals surface area (Å²) in [5, 5.41) is 3.04. The van der Waals surface area contributed by atoms with E-state index in [-0.39, 0.29) is 11.9 Å². The van der Waals surface area contributed by atoms with E-state index in [0.29, 0.717) is 24.8 Å². The van der Waals surface area contributed by atoms with Crippen LogP contribution in [0.5, 0.6) is 0 Å². The van der Waals surface area contributed by atoms with Crippen LogP contribution >= 0.6 is 0 Å². The van der Waals surface area contributed by atoms with E-state index in [2.05, 4.69) is 29.1 Å². The van der Waals surface area contributed by atoms with Gasteiger partial charge in [0.25, 0.3) is 0 Å². The molecule has 4 N–H and O–H groups in total. The molecule has 114 valence electrons. The van der Waals surface area contributed by atoms with Gasteiger partial charge in [-0.1, -0.05) is 20.8 Å². The molecular weight excluding hydrogens is 252 g/mol. The molecule has 1 aromatic rings. The van der Waals surface area contributed by atoms with Gasteiger partial charge in [0.1, 0.15) is 5.82 Å². The van der Waals surface area contributed by atoms with Crippen LogP contribution in [0.15, 0.2) is 12.4 Å². The molecule has 1 heterocycles. The van der Waals surface area contributed by atoms with Crippen molar-refractivity contribution in [2.75, 3.05) is 6.54 Å². The largest absolute Gasteiger partial charge is 0.347 e. The minimum atomic E-state index is -0.0236. The average Bonchev–Trinajstić information content (AvgIpc) is 2.94. The van der Waals surface area contributed by atoms with Crippen molar-refractivity contribution in [1.82, 2.24) is 15.3 Å². The predicted molar refractivity (Wildman–Crippen MR) is 81.0 cm³/mol. The van der Waals surface area contributed by atoms with Crippen LogP contribution in [-0.2, 0) is 4.79 Å². The van der Waals surface area contributed by atoms with Gasteiger partial charge in [0.05, 0.1) is 6.04 Å². The fraction of sp³-hybridized carbons (Fsp3) is 0.733. The van der Waals surface area contributed by atoms with Crippen LogP contribution < -0.4 is 11.1 Å². The van der Waals surface area contributed by atoms with E-state index in [1.54, 1.807) is 12.4 Å². The van der Waals surface area contributed by atoms with Crippen LogP contribution in [0.25, 0.3) is 0 Å². The second kappa shape index (κ2) is 8.74. The summed E-state index contributed by atoms with van der Waals surface area (Å²) in [4.78, 5) is 19.3.